The molecule has 0 aliphatic carbocycles. The van der Waals surface area contributed by atoms with E-state index in [1.807, 2.05) is 0 Å². The topological polar surface area (TPSA) is 72.8 Å². The lowest BCUT2D eigenvalue weighted by atomic mass is 10.0. The van der Waals surface area contributed by atoms with Gasteiger partial charge in [0.25, 0.3) is 0 Å². The first kappa shape index (κ1) is 88.1. The molecule has 0 aromatic heterocycles. The number of aliphatic hydroxyl groups excluding tert-OH is 1. The normalized spacial score (nSPS) is 12.6. The Morgan fingerprint density at radius 3 is 0.714 bits per heavy atom. The molecule has 0 rings (SSSR count). The highest BCUT2D eigenvalue weighted by atomic mass is 16.6. The summed E-state index contributed by atoms with van der Waals surface area (Å²) in [4.78, 5) is 24.7. The number of ether oxygens (including phenoxy) is 2. The summed E-state index contributed by atoms with van der Waals surface area (Å²) < 4.78 is 10.8. The highest BCUT2D eigenvalue weighted by Crippen LogP contribution is 2.20. The zero-order chi connectivity index (χ0) is 65.4. The van der Waals surface area contributed by atoms with Crippen molar-refractivity contribution in [1.82, 2.24) is 0 Å². The number of unbranched alkanes of at least 4 members (excludes halogenated alkanes) is 54. The van der Waals surface area contributed by atoms with Crippen LogP contribution in [0.2, 0.25) is 0 Å². The van der Waals surface area contributed by atoms with Crippen LogP contribution in [-0.4, -0.2) is 36.4 Å². The van der Waals surface area contributed by atoms with Gasteiger partial charge in [-0.3, -0.25) is 9.59 Å². The standard InChI is InChI=1S/C86H156O5/c1-3-5-7-9-11-13-15-17-19-21-23-25-27-29-31-33-35-37-39-41-42-43-44-45-47-49-51-53-55-57-59-61-63-65-67-69-71-73-75-77-79-81-86(89)91-84(82-87)83-90-85(88)80-78-76-74-72-70-68-66-64-62-60-58-56-54-52-50-48-46-40-38-36-34-32-30-28-26-24-22-20-18-16-14-12-10-8-6-4-2/h5,7,11,13,17,19,23,25,29,31,35,37,41-42,84,87H,3-4,6,8-10,12,14-16,18,20-22,24,26-28,30,32-34,36,38-40,43-83H2,1-2H3/b7-5-,13-11-,19-17-,25-23-,31-29-,37-35-,42-41-. The van der Waals surface area contributed by atoms with Gasteiger partial charge in [0.05, 0.1) is 6.61 Å². The molecule has 0 aliphatic rings. The van der Waals surface area contributed by atoms with Gasteiger partial charge in [0.2, 0.25) is 0 Å². The Morgan fingerprint density at radius 2 is 0.473 bits per heavy atom. The van der Waals surface area contributed by atoms with Gasteiger partial charge in [0.1, 0.15) is 6.61 Å². The molecule has 5 heteroatoms. The smallest absolute Gasteiger partial charge is 0.306 e. The molecule has 0 amide bonds. The number of hydrogen-bond donors (Lipinski definition) is 1. The van der Waals surface area contributed by atoms with Gasteiger partial charge in [-0.15, -0.1) is 0 Å². The summed E-state index contributed by atoms with van der Waals surface area (Å²) in [5, 5.41) is 9.73. The van der Waals surface area contributed by atoms with E-state index >= 15 is 0 Å². The Morgan fingerprint density at radius 1 is 0.264 bits per heavy atom. The molecule has 5 nitrogen and oxygen atoms in total. The fraction of sp³-hybridized carbons (Fsp3) is 0.814. The maximum Gasteiger partial charge on any atom is 0.306 e. The Labute approximate surface area is 568 Å². The first-order chi connectivity index (χ1) is 45.1. The van der Waals surface area contributed by atoms with Crippen molar-refractivity contribution >= 4 is 11.9 Å². The molecule has 0 bridgehead atoms. The molecule has 0 heterocycles. The monoisotopic (exact) mass is 1270 g/mol. The van der Waals surface area contributed by atoms with E-state index in [2.05, 4.69) is 98.9 Å². The number of rotatable bonds is 76. The molecular formula is C86H156O5. The molecule has 1 N–H and O–H groups in total. The second kappa shape index (κ2) is 81.3. The summed E-state index contributed by atoms with van der Waals surface area (Å²) in [6.07, 6.45) is 115. The van der Waals surface area contributed by atoms with Crippen LogP contribution >= 0.6 is 0 Å². The van der Waals surface area contributed by atoms with E-state index in [1.165, 1.54) is 327 Å². The first-order valence-corrected chi connectivity index (χ1v) is 40.6. The van der Waals surface area contributed by atoms with Gasteiger partial charge in [-0.2, -0.15) is 0 Å². The van der Waals surface area contributed by atoms with Crippen LogP contribution in [0, 0.1) is 0 Å². The van der Waals surface area contributed by atoms with Crippen molar-refractivity contribution in [2.45, 2.75) is 437 Å². The van der Waals surface area contributed by atoms with Crippen LogP contribution in [0.5, 0.6) is 0 Å². The Kier molecular flexibility index (Phi) is 78.7. The third kappa shape index (κ3) is 79.4. The molecular weight excluding hydrogens is 1110 g/mol. The second-order valence-corrected chi connectivity index (χ2v) is 27.5. The van der Waals surface area contributed by atoms with Gasteiger partial charge in [0.15, 0.2) is 6.10 Å². The highest BCUT2D eigenvalue weighted by Gasteiger charge is 2.16. The minimum absolute atomic E-state index is 0.0611. The van der Waals surface area contributed by atoms with E-state index in [0.717, 1.165) is 77.0 Å². The molecule has 1 atom stereocenters. The lowest BCUT2D eigenvalue weighted by Crippen LogP contribution is -2.28. The fourth-order valence-electron chi connectivity index (χ4n) is 12.4. The SMILES string of the molecule is CC/C=C\C/C=C\C/C=C\C/C=C\C/C=C\C/C=C\C/C=C\CCCCCCCCCCCCCCCCCCCCCC(=O)OC(CO)COC(=O)CCCCCCCCCCCCCCCCCCCCCCCCCCCCCCCCCCCCCC. The summed E-state index contributed by atoms with van der Waals surface area (Å²) >= 11 is 0. The van der Waals surface area contributed by atoms with E-state index in [4.69, 9.17) is 9.47 Å². The molecule has 0 saturated carbocycles. The Balaban J connectivity index is 3.39. The second-order valence-electron chi connectivity index (χ2n) is 27.5. The third-order valence-electron chi connectivity index (χ3n) is 18.5. The number of esters is 2. The zero-order valence-corrected chi connectivity index (χ0v) is 61.1. The molecule has 0 saturated heterocycles. The molecule has 0 aromatic rings. The van der Waals surface area contributed by atoms with Crippen LogP contribution in [0.3, 0.4) is 0 Å². The highest BCUT2D eigenvalue weighted by molar-refractivity contribution is 5.70. The third-order valence-corrected chi connectivity index (χ3v) is 18.5. The van der Waals surface area contributed by atoms with E-state index in [-0.39, 0.29) is 25.2 Å². The molecule has 0 spiro atoms. The van der Waals surface area contributed by atoms with E-state index in [9.17, 15) is 14.7 Å². The van der Waals surface area contributed by atoms with Crippen molar-refractivity contribution < 1.29 is 24.2 Å². The summed E-state index contributed by atoms with van der Waals surface area (Å²) in [5.41, 5.74) is 0. The lowest BCUT2D eigenvalue weighted by Gasteiger charge is -2.15. The number of hydrogen-bond acceptors (Lipinski definition) is 5. The minimum atomic E-state index is -0.773. The van der Waals surface area contributed by atoms with Crippen LogP contribution < -0.4 is 0 Å². The van der Waals surface area contributed by atoms with Crippen molar-refractivity contribution in [1.29, 1.82) is 0 Å². The van der Waals surface area contributed by atoms with Gasteiger partial charge >= 0.3 is 11.9 Å². The lowest BCUT2D eigenvalue weighted by molar-refractivity contribution is -0.161. The van der Waals surface area contributed by atoms with Crippen LogP contribution in [0.15, 0.2) is 85.1 Å². The van der Waals surface area contributed by atoms with Gasteiger partial charge in [-0.1, -0.05) is 433 Å². The van der Waals surface area contributed by atoms with Gasteiger partial charge in [-0.25, -0.2) is 0 Å². The quantitative estimate of drug-likeness (QED) is 0.0373. The number of carbonyl (C=O) groups excluding carboxylic acids is 2. The average molecular weight is 1270 g/mol. The summed E-state index contributed by atoms with van der Waals surface area (Å²) in [6, 6.07) is 0. The Hall–Kier alpha value is -2.92. The van der Waals surface area contributed by atoms with Crippen molar-refractivity contribution in [2.75, 3.05) is 13.2 Å². The Bertz CT molecular complexity index is 1630. The van der Waals surface area contributed by atoms with E-state index in [0.29, 0.717) is 12.8 Å². The van der Waals surface area contributed by atoms with Gasteiger partial charge < -0.3 is 14.6 Å². The number of allylic oxidation sites excluding steroid dienone is 14. The molecule has 530 valence electrons. The van der Waals surface area contributed by atoms with Crippen molar-refractivity contribution in [2.24, 2.45) is 0 Å². The molecule has 0 aliphatic heterocycles. The maximum atomic E-state index is 12.4. The van der Waals surface area contributed by atoms with E-state index < -0.39 is 6.10 Å². The first-order valence-electron chi connectivity index (χ1n) is 40.6. The van der Waals surface area contributed by atoms with Gasteiger partial charge in [-0.05, 0) is 70.6 Å². The predicted octanol–water partition coefficient (Wildman–Crippen LogP) is 28.7. The summed E-state index contributed by atoms with van der Waals surface area (Å²) in [7, 11) is 0. The molecule has 1 unspecified atom stereocenters. The summed E-state index contributed by atoms with van der Waals surface area (Å²) in [5.74, 6) is -0.567. The summed E-state index contributed by atoms with van der Waals surface area (Å²) in [6.45, 7) is 4.09. The predicted molar refractivity (Wildman–Crippen MR) is 403 cm³/mol. The molecule has 0 aromatic carbocycles. The van der Waals surface area contributed by atoms with Crippen molar-refractivity contribution in [3.05, 3.63) is 85.1 Å². The van der Waals surface area contributed by atoms with Crippen LogP contribution in [0.1, 0.15) is 431 Å². The van der Waals surface area contributed by atoms with E-state index in [1.54, 1.807) is 0 Å². The van der Waals surface area contributed by atoms with Crippen molar-refractivity contribution in [3.63, 3.8) is 0 Å². The zero-order valence-electron chi connectivity index (χ0n) is 61.1. The average Bonchev–Trinajstić information content (AvgIpc) is 3.68. The fourth-order valence-corrected chi connectivity index (χ4v) is 12.4. The van der Waals surface area contributed by atoms with Crippen molar-refractivity contribution in [3.8, 4) is 0 Å². The molecule has 0 fully saturated rings. The molecule has 91 heavy (non-hydrogen) atoms. The number of carbonyl (C=O) groups is 2. The van der Waals surface area contributed by atoms with Gasteiger partial charge in [0, 0.05) is 12.8 Å². The minimum Gasteiger partial charge on any atom is -0.462 e. The number of aliphatic hydroxyl groups is 1. The van der Waals surface area contributed by atoms with Crippen LogP contribution in [-0.2, 0) is 19.1 Å². The molecule has 0 radical (unpaired) electrons. The van der Waals surface area contributed by atoms with Crippen LogP contribution in [0.4, 0.5) is 0 Å². The largest absolute Gasteiger partial charge is 0.462 e. The van der Waals surface area contributed by atoms with Crippen LogP contribution in [0.25, 0.3) is 0 Å². The maximum absolute atomic E-state index is 12.4.